The molecule has 2 fully saturated rings. The van der Waals surface area contributed by atoms with Crippen LogP contribution in [0.2, 0.25) is 0 Å². The Bertz CT molecular complexity index is 750. The lowest BCUT2D eigenvalue weighted by molar-refractivity contribution is -0.0406. The number of pyridine rings is 1. The molecule has 0 aromatic carbocycles. The number of hydrogen-bond donors (Lipinski definition) is 0. The van der Waals surface area contributed by atoms with E-state index in [9.17, 15) is 0 Å². The quantitative estimate of drug-likeness (QED) is 0.820. The Kier molecular flexibility index (Phi) is 5.02. The Morgan fingerprint density at radius 1 is 1.04 bits per heavy atom. The third-order valence-electron chi connectivity index (χ3n) is 5.52. The van der Waals surface area contributed by atoms with Crippen molar-refractivity contribution < 1.29 is 4.74 Å². The van der Waals surface area contributed by atoms with Gasteiger partial charge in [-0.1, -0.05) is 0 Å². The molecule has 2 aliphatic heterocycles. The highest BCUT2D eigenvalue weighted by Crippen LogP contribution is 2.26. The zero-order valence-electron chi connectivity index (χ0n) is 15.9. The molecular formula is C19H28N6O. The molecule has 0 amide bonds. The number of piperazine rings is 1. The van der Waals surface area contributed by atoms with Gasteiger partial charge in [0.05, 0.1) is 17.9 Å². The lowest BCUT2D eigenvalue weighted by atomic mass is 10.1. The van der Waals surface area contributed by atoms with Gasteiger partial charge >= 0.3 is 0 Å². The number of ether oxygens (including phenoxy) is 1. The van der Waals surface area contributed by atoms with Gasteiger partial charge in [0.25, 0.3) is 0 Å². The van der Waals surface area contributed by atoms with E-state index < -0.39 is 0 Å². The molecule has 2 aliphatic rings. The van der Waals surface area contributed by atoms with Gasteiger partial charge in [-0.2, -0.15) is 0 Å². The van der Waals surface area contributed by atoms with Crippen molar-refractivity contribution in [3.8, 4) is 0 Å². The van der Waals surface area contributed by atoms with E-state index in [1.807, 2.05) is 12.3 Å². The monoisotopic (exact) mass is 356 g/mol. The SMILES string of the molecule is C[C@@H]1CN(c2ccnc3nccnc23)C[C@H](CN2CCN(C)[C@@H](C)C2)O1. The van der Waals surface area contributed by atoms with E-state index in [1.54, 1.807) is 12.4 Å². The third kappa shape index (κ3) is 3.65. The van der Waals surface area contributed by atoms with Gasteiger partial charge in [0.2, 0.25) is 0 Å². The van der Waals surface area contributed by atoms with Crippen LogP contribution < -0.4 is 4.90 Å². The molecule has 2 saturated heterocycles. The molecule has 2 aromatic rings. The minimum Gasteiger partial charge on any atom is -0.370 e. The van der Waals surface area contributed by atoms with Crippen molar-refractivity contribution in [1.29, 1.82) is 0 Å². The number of aromatic nitrogens is 3. The summed E-state index contributed by atoms with van der Waals surface area (Å²) in [5.41, 5.74) is 2.68. The molecule has 0 unspecified atom stereocenters. The molecule has 3 atom stereocenters. The van der Waals surface area contributed by atoms with Crippen molar-refractivity contribution in [1.82, 2.24) is 24.8 Å². The highest BCUT2D eigenvalue weighted by Gasteiger charge is 2.30. The number of anilines is 1. The fraction of sp³-hybridized carbons (Fsp3) is 0.632. The second-order valence-corrected chi connectivity index (χ2v) is 7.62. The minimum atomic E-state index is 0.193. The Morgan fingerprint density at radius 2 is 1.85 bits per heavy atom. The number of hydrogen-bond acceptors (Lipinski definition) is 7. The van der Waals surface area contributed by atoms with Crippen molar-refractivity contribution in [2.24, 2.45) is 0 Å². The molecule has 0 aliphatic carbocycles. The van der Waals surface area contributed by atoms with Gasteiger partial charge in [0.1, 0.15) is 5.52 Å². The van der Waals surface area contributed by atoms with Crippen LogP contribution in [0.25, 0.3) is 11.2 Å². The van der Waals surface area contributed by atoms with Crippen LogP contribution in [0.3, 0.4) is 0 Å². The topological polar surface area (TPSA) is 57.6 Å². The lowest BCUT2D eigenvalue weighted by Crippen LogP contribution is -2.55. The first-order chi connectivity index (χ1) is 12.6. The van der Waals surface area contributed by atoms with Crippen LogP contribution in [0.1, 0.15) is 13.8 Å². The van der Waals surface area contributed by atoms with Crippen LogP contribution in [-0.4, -0.2) is 89.3 Å². The summed E-state index contributed by atoms with van der Waals surface area (Å²) in [5, 5.41) is 0. The number of morpholine rings is 1. The molecule has 2 aromatic heterocycles. The molecule has 7 nitrogen and oxygen atoms in total. The second-order valence-electron chi connectivity index (χ2n) is 7.62. The summed E-state index contributed by atoms with van der Waals surface area (Å²) in [4.78, 5) is 20.5. The van der Waals surface area contributed by atoms with Gasteiger partial charge in [-0.15, -0.1) is 0 Å². The number of likely N-dealkylation sites (N-methyl/N-ethyl adjacent to an activating group) is 1. The van der Waals surface area contributed by atoms with Crippen molar-refractivity contribution in [2.45, 2.75) is 32.1 Å². The van der Waals surface area contributed by atoms with Crippen LogP contribution in [-0.2, 0) is 4.74 Å². The summed E-state index contributed by atoms with van der Waals surface area (Å²) in [5.74, 6) is 0. The maximum atomic E-state index is 6.27. The standard InChI is InChI=1S/C19H28N6O/c1-14-10-24(9-8-23(14)3)12-16-13-25(11-15(2)26-16)17-4-5-21-19-18(17)20-6-7-22-19/h4-7,14-16H,8-13H2,1-3H3/t14-,15+,16-/m0/s1. The maximum Gasteiger partial charge on any atom is 0.180 e. The number of fused-ring (bicyclic) bond motifs is 1. The van der Waals surface area contributed by atoms with E-state index in [4.69, 9.17) is 4.74 Å². The fourth-order valence-corrected chi connectivity index (χ4v) is 4.04. The zero-order chi connectivity index (χ0) is 18.1. The van der Waals surface area contributed by atoms with Gasteiger partial charge in [-0.05, 0) is 27.0 Å². The van der Waals surface area contributed by atoms with Crippen LogP contribution in [0, 0.1) is 0 Å². The van der Waals surface area contributed by atoms with Gasteiger partial charge in [-0.25, -0.2) is 15.0 Å². The van der Waals surface area contributed by atoms with Gasteiger partial charge in [0.15, 0.2) is 5.65 Å². The maximum absolute atomic E-state index is 6.27. The summed E-state index contributed by atoms with van der Waals surface area (Å²) in [6.45, 7) is 10.5. The average Bonchev–Trinajstić information content (AvgIpc) is 2.64. The molecule has 26 heavy (non-hydrogen) atoms. The Balaban J connectivity index is 1.50. The van der Waals surface area contributed by atoms with Crippen LogP contribution in [0.15, 0.2) is 24.7 Å². The summed E-state index contributed by atoms with van der Waals surface area (Å²) >= 11 is 0. The van der Waals surface area contributed by atoms with Gasteiger partial charge in [0, 0.05) is 63.9 Å². The van der Waals surface area contributed by atoms with Crippen LogP contribution >= 0.6 is 0 Å². The average molecular weight is 356 g/mol. The molecule has 4 rings (SSSR count). The van der Waals surface area contributed by atoms with Gasteiger partial charge in [-0.3, -0.25) is 4.90 Å². The number of nitrogens with zero attached hydrogens (tertiary/aromatic N) is 6. The zero-order valence-corrected chi connectivity index (χ0v) is 15.9. The molecule has 4 heterocycles. The van der Waals surface area contributed by atoms with E-state index in [0.29, 0.717) is 11.7 Å². The largest absolute Gasteiger partial charge is 0.370 e. The molecule has 0 radical (unpaired) electrons. The summed E-state index contributed by atoms with van der Waals surface area (Å²) < 4.78 is 6.27. The van der Waals surface area contributed by atoms with Crippen LogP contribution in [0.5, 0.6) is 0 Å². The minimum absolute atomic E-state index is 0.193. The molecule has 0 bridgehead atoms. The van der Waals surface area contributed by atoms with Crippen molar-refractivity contribution in [2.75, 3.05) is 51.2 Å². The Labute approximate surface area is 155 Å². The predicted octanol–water partition coefficient (Wildman–Crippen LogP) is 1.25. The first kappa shape index (κ1) is 17.6. The highest BCUT2D eigenvalue weighted by molar-refractivity contribution is 5.85. The molecule has 7 heteroatoms. The normalized spacial score (nSPS) is 28.6. The lowest BCUT2D eigenvalue weighted by Gasteiger charge is -2.43. The van der Waals surface area contributed by atoms with Crippen molar-refractivity contribution in [3.05, 3.63) is 24.7 Å². The second kappa shape index (κ2) is 7.42. The molecule has 0 saturated carbocycles. The molecular weight excluding hydrogens is 328 g/mol. The molecule has 0 N–H and O–H groups in total. The first-order valence-electron chi connectivity index (χ1n) is 9.49. The van der Waals surface area contributed by atoms with Crippen molar-refractivity contribution in [3.63, 3.8) is 0 Å². The first-order valence-corrected chi connectivity index (χ1v) is 9.49. The van der Waals surface area contributed by atoms with E-state index in [1.165, 1.54) is 0 Å². The smallest absolute Gasteiger partial charge is 0.180 e. The number of rotatable bonds is 3. The third-order valence-corrected chi connectivity index (χ3v) is 5.52. The fourth-order valence-electron chi connectivity index (χ4n) is 4.04. The van der Waals surface area contributed by atoms with Crippen molar-refractivity contribution >= 4 is 16.9 Å². The Morgan fingerprint density at radius 3 is 2.69 bits per heavy atom. The van der Waals surface area contributed by atoms with E-state index in [2.05, 4.69) is 50.5 Å². The predicted molar refractivity (Wildman–Crippen MR) is 102 cm³/mol. The van der Waals surface area contributed by atoms with E-state index >= 15 is 0 Å². The molecule has 140 valence electrons. The highest BCUT2D eigenvalue weighted by atomic mass is 16.5. The Hall–Kier alpha value is -1.83. The van der Waals surface area contributed by atoms with E-state index in [-0.39, 0.29) is 12.2 Å². The molecule has 0 spiro atoms. The summed E-state index contributed by atoms with van der Waals surface area (Å²) in [6, 6.07) is 2.64. The summed E-state index contributed by atoms with van der Waals surface area (Å²) in [6.07, 6.45) is 5.65. The van der Waals surface area contributed by atoms with Crippen LogP contribution in [0.4, 0.5) is 5.69 Å². The van der Waals surface area contributed by atoms with E-state index in [0.717, 1.165) is 50.5 Å². The van der Waals surface area contributed by atoms with Gasteiger partial charge < -0.3 is 14.5 Å². The summed E-state index contributed by atoms with van der Waals surface area (Å²) in [7, 11) is 2.21.